The van der Waals surface area contributed by atoms with Crippen molar-refractivity contribution in [1.29, 1.82) is 0 Å². The maximum atomic E-state index is 11.0. The van der Waals surface area contributed by atoms with E-state index in [0.717, 1.165) is 0 Å². The molecule has 0 aliphatic heterocycles. The molecule has 1 atom stereocenters. The van der Waals surface area contributed by atoms with Gasteiger partial charge in [-0.15, -0.1) is 0 Å². The third kappa shape index (κ3) is 3.44. The highest BCUT2D eigenvalue weighted by molar-refractivity contribution is 5.91. The molecule has 4 N–H and O–H groups in total. The van der Waals surface area contributed by atoms with Crippen LogP contribution in [-0.4, -0.2) is 28.0 Å². The molecule has 1 aromatic rings. The number of nitrogens with two attached hydrogens (primary N) is 1. The Morgan fingerprint density at radius 2 is 2.12 bits per heavy atom. The average Bonchev–Trinajstić information content (AvgIpc) is 2.25. The zero-order valence-electron chi connectivity index (χ0n) is 9.68. The minimum atomic E-state index is -0.947. The van der Waals surface area contributed by atoms with E-state index in [0.29, 0.717) is 5.69 Å². The number of carboxylic acid groups (broad SMARTS) is 1. The number of carboxylic acids is 1. The number of nitrogens with zero attached hydrogens (tertiary/aromatic N) is 1. The Hall–Kier alpha value is -2.11. The summed E-state index contributed by atoms with van der Waals surface area (Å²) >= 11 is 0. The van der Waals surface area contributed by atoms with Gasteiger partial charge in [-0.25, -0.2) is 4.79 Å². The van der Waals surface area contributed by atoms with Gasteiger partial charge < -0.3 is 16.2 Å². The van der Waals surface area contributed by atoms with Crippen molar-refractivity contribution in [3.05, 3.63) is 24.0 Å². The van der Waals surface area contributed by atoms with Crippen molar-refractivity contribution in [1.82, 2.24) is 4.98 Å². The van der Waals surface area contributed by atoms with Gasteiger partial charge in [-0.1, -0.05) is 13.8 Å². The van der Waals surface area contributed by atoms with Gasteiger partial charge in [0.15, 0.2) is 0 Å². The molecule has 6 nitrogen and oxygen atoms in total. The summed E-state index contributed by atoms with van der Waals surface area (Å²) in [6.45, 7) is 3.59. The summed E-state index contributed by atoms with van der Waals surface area (Å²) in [6.07, 6.45) is 1.40. The van der Waals surface area contributed by atoms with Crippen LogP contribution in [0.4, 0.5) is 5.69 Å². The minimum absolute atomic E-state index is 0.0855. The number of carbonyl (C=O) groups is 2. The van der Waals surface area contributed by atoms with E-state index < -0.39 is 17.9 Å². The first-order chi connectivity index (χ1) is 7.91. The van der Waals surface area contributed by atoms with E-state index in [2.05, 4.69) is 10.3 Å². The first-order valence-electron chi connectivity index (χ1n) is 5.17. The van der Waals surface area contributed by atoms with Crippen LogP contribution in [0.1, 0.15) is 24.3 Å². The number of amides is 1. The van der Waals surface area contributed by atoms with Crippen molar-refractivity contribution in [3.63, 3.8) is 0 Å². The van der Waals surface area contributed by atoms with Crippen LogP contribution in [0, 0.1) is 5.92 Å². The van der Waals surface area contributed by atoms with Crippen LogP contribution in [-0.2, 0) is 4.79 Å². The molecule has 1 amide bonds. The number of aromatic nitrogens is 1. The predicted octanol–water partition coefficient (Wildman–Crippen LogP) is 0.702. The molecule has 92 valence electrons. The number of carbonyl (C=O) groups excluding carboxylic acids is 1. The van der Waals surface area contributed by atoms with Crippen LogP contribution in [0.15, 0.2) is 18.3 Å². The zero-order valence-corrected chi connectivity index (χ0v) is 9.68. The molecule has 1 rings (SSSR count). The Morgan fingerprint density at radius 1 is 1.47 bits per heavy atom. The van der Waals surface area contributed by atoms with Gasteiger partial charge in [0.2, 0.25) is 0 Å². The summed E-state index contributed by atoms with van der Waals surface area (Å²) in [6, 6.07) is 2.30. The van der Waals surface area contributed by atoms with Crippen LogP contribution in [0.3, 0.4) is 0 Å². The second kappa shape index (κ2) is 5.29. The summed E-state index contributed by atoms with van der Waals surface area (Å²) < 4.78 is 0. The van der Waals surface area contributed by atoms with Gasteiger partial charge in [-0.3, -0.25) is 9.78 Å². The number of primary amides is 1. The molecule has 6 heteroatoms. The second-order valence-electron chi connectivity index (χ2n) is 4.00. The van der Waals surface area contributed by atoms with Gasteiger partial charge in [0.25, 0.3) is 5.91 Å². The van der Waals surface area contributed by atoms with E-state index in [4.69, 9.17) is 10.8 Å². The van der Waals surface area contributed by atoms with E-state index in [1.165, 1.54) is 12.3 Å². The zero-order chi connectivity index (χ0) is 13.0. The fraction of sp³-hybridized carbons (Fsp3) is 0.364. The molecule has 1 aromatic heterocycles. The Morgan fingerprint density at radius 3 is 2.59 bits per heavy atom. The summed E-state index contributed by atoms with van der Waals surface area (Å²) in [5.41, 5.74) is 5.70. The Kier molecular flexibility index (Phi) is 4.03. The fourth-order valence-electron chi connectivity index (χ4n) is 1.35. The van der Waals surface area contributed by atoms with E-state index in [9.17, 15) is 9.59 Å². The number of pyridine rings is 1. The van der Waals surface area contributed by atoms with Crippen LogP contribution in [0.25, 0.3) is 0 Å². The Balaban J connectivity index is 2.90. The van der Waals surface area contributed by atoms with Gasteiger partial charge in [0.05, 0.1) is 0 Å². The van der Waals surface area contributed by atoms with Gasteiger partial charge in [0.1, 0.15) is 11.7 Å². The lowest BCUT2D eigenvalue weighted by Crippen LogP contribution is -2.34. The topological polar surface area (TPSA) is 105 Å². The summed E-state index contributed by atoms with van der Waals surface area (Å²) in [5.74, 6) is -1.68. The van der Waals surface area contributed by atoms with Crippen LogP contribution in [0.5, 0.6) is 0 Å². The monoisotopic (exact) mass is 237 g/mol. The van der Waals surface area contributed by atoms with Crippen LogP contribution < -0.4 is 11.1 Å². The maximum absolute atomic E-state index is 11.0. The van der Waals surface area contributed by atoms with E-state index >= 15 is 0 Å². The van der Waals surface area contributed by atoms with Crippen molar-refractivity contribution in [2.45, 2.75) is 19.9 Å². The van der Waals surface area contributed by atoms with Crippen LogP contribution >= 0.6 is 0 Å². The normalized spacial score (nSPS) is 12.2. The average molecular weight is 237 g/mol. The van der Waals surface area contributed by atoms with E-state index in [1.807, 2.05) is 0 Å². The number of anilines is 1. The van der Waals surface area contributed by atoms with Crippen molar-refractivity contribution >= 4 is 17.6 Å². The Bertz CT molecular complexity index is 432. The molecule has 1 heterocycles. The SMILES string of the molecule is CC(C)C(Nc1ccnc(C(N)=O)c1)C(=O)O. The number of hydrogen-bond acceptors (Lipinski definition) is 4. The van der Waals surface area contributed by atoms with E-state index in [1.54, 1.807) is 19.9 Å². The molecule has 17 heavy (non-hydrogen) atoms. The third-order valence-corrected chi connectivity index (χ3v) is 2.27. The molecule has 0 bridgehead atoms. The van der Waals surface area contributed by atoms with Crippen molar-refractivity contribution < 1.29 is 14.7 Å². The van der Waals surface area contributed by atoms with Crippen molar-refractivity contribution in [2.75, 3.05) is 5.32 Å². The highest BCUT2D eigenvalue weighted by Gasteiger charge is 2.21. The molecule has 0 spiro atoms. The lowest BCUT2D eigenvalue weighted by Gasteiger charge is -2.19. The molecule has 0 aromatic carbocycles. The Labute approximate surface area is 98.8 Å². The number of rotatable bonds is 5. The van der Waals surface area contributed by atoms with Crippen molar-refractivity contribution in [3.8, 4) is 0 Å². The lowest BCUT2D eigenvalue weighted by molar-refractivity contribution is -0.138. The molecular weight excluding hydrogens is 222 g/mol. The molecule has 0 saturated heterocycles. The molecule has 0 aliphatic rings. The minimum Gasteiger partial charge on any atom is -0.480 e. The lowest BCUT2D eigenvalue weighted by atomic mass is 10.0. The number of nitrogens with one attached hydrogen (secondary N) is 1. The van der Waals surface area contributed by atoms with Gasteiger partial charge in [0, 0.05) is 11.9 Å². The molecular formula is C11H15N3O3. The van der Waals surface area contributed by atoms with Gasteiger partial charge in [-0.05, 0) is 18.1 Å². The summed E-state index contributed by atoms with van der Waals surface area (Å²) in [5, 5.41) is 11.8. The molecule has 0 saturated carbocycles. The van der Waals surface area contributed by atoms with Crippen molar-refractivity contribution in [2.24, 2.45) is 11.7 Å². The third-order valence-electron chi connectivity index (χ3n) is 2.27. The number of hydrogen-bond donors (Lipinski definition) is 3. The van der Waals surface area contributed by atoms with Gasteiger partial charge >= 0.3 is 5.97 Å². The van der Waals surface area contributed by atoms with Gasteiger partial charge in [-0.2, -0.15) is 0 Å². The standard InChI is InChI=1S/C11H15N3O3/c1-6(2)9(11(16)17)14-7-3-4-13-8(5-7)10(12)15/h3-6,9H,1-2H3,(H2,12,15)(H,13,14)(H,16,17). The second-order valence-corrected chi connectivity index (χ2v) is 4.00. The van der Waals surface area contributed by atoms with Crippen LogP contribution in [0.2, 0.25) is 0 Å². The fourth-order valence-corrected chi connectivity index (χ4v) is 1.35. The number of aliphatic carboxylic acids is 1. The molecule has 0 aliphatic carbocycles. The maximum Gasteiger partial charge on any atom is 0.326 e. The first kappa shape index (κ1) is 13.0. The molecule has 1 unspecified atom stereocenters. The largest absolute Gasteiger partial charge is 0.480 e. The molecule has 0 radical (unpaired) electrons. The summed E-state index contributed by atoms with van der Waals surface area (Å²) in [7, 11) is 0. The predicted molar refractivity (Wildman–Crippen MR) is 62.6 cm³/mol. The quantitative estimate of drug-likeness (QED) is 0.699. The highest BCUT2D eigenvalue weighted by atomic mass is 16.4. The first-order valence-corrected chi connectivity index (χ1v) is 5.17. The smallest absolute Gasteiger partial charge is 0.326 e. The highest BCUT2D eigenvalue weighted by Crippen LogP contribution is 2.13. The van der Waals surface area contributed by atoms with E-state index in [-0.39, 0.29) is 11.6 Å². The molecule has 0 fully saturated rings. The summed E-state index contributed by atoms with van der Waals surface area (Å²) in [4.78, 5) is 25.7.